The van der Waals surface area contributed by atoms with Gasteiger partial charge in [0.1, 0.15) is 13.2 Å². The molecular formula is C22H21NO3. The Morgan fingerprint density at radius 1 is 0.923 bits per heavy atom. The average molecular weight is 347 g/mol. The van der Waals surface area contributed by atoms with Gasteiger partial charge in [0.25, 0.3) is 5.91 Å². The minimum atomic E-state index is -0.0834. The maximum Gasteiger partial charge on any atom is 0.251 e. The summed E-state index contributed by atoms with van der Waals surface area (Å²) in [6.45, 7) is 1.70. The van der Waals surface area contributed by atoms with Crippen LogP contribution in [0.3, 0.4) is 0 Å². The van der Waals surface area contributed by atoms with Crippen LogP contribution in [0.1, 0.15) is 22.3 Å². The molecule has 3 aromatic carbocycles. The highest BCUT2D eigenvalue weighted by molar-refractivity contribution is 5.94. The van der Waals surface area contributed by atoms with E-state index in [4.69, 9.17) is 9.47 Å². The molecule has 1 aliphatic rings. The van der Waals surface area contributed by atoms with Gasteiger partial charge in [-0.15, -0.1) is 0 Å². The number of aryl methyl sites for hydroxylation is 1. The Balaban J connectivity index is 1.34. The van der Waals surface area contributed by atoms with E-state index in [2.05, 4.69) is 47.8 Å². The summed E-state index contributed by atoms with van der Waals surface area (Å²) in [7, 11) is 0. The average Bonchev–Trinajstić information content (AvgIpc) is 2.70. The maximum absolute atomic E-state index is 12.3. The summed E-state index contributed by atoms with van der Waals surface area (Å²) in [4.78, 5) is 12.3. The van der Waals surface area contributed by atoms with Gasteiger partial charge in [0.05, 0.1) is 0 Å². The van der Waals surface area contributed by atoms with Crippen LogP contribution in [0.4, 0.5) is 0 Å². The van der Waals surface area contributed by atoms with E-state index in [1.807, 2.05) is 0 Å². The van der Waals surface area contributed by atoms with Crippen molar-refractivity contribution < 1.29 is 14.3 Å². The van der Waals surface area contributed by atoms with Crippen molar-refractivity contribution in [2.24, 2.45) is 0 Å². The number of carbonyl (C=O) groups is 1. The first-order chi connectivity index (χ1) is 12.8. The van der Waals surface area contributed by atoms with Gasteiger partial charge in [-0.05, 0) is 47.4 Å². The Kier molecular flexibility index (Phi) is 4.73. The lowest BCUT2D eigenvalue weighted by atomic mass is 10.0. The molecule has 4 heteroatoms. The molecule has 0 unspecified atom stereocenters. The molecule has 0 radical (unpaired) electrons. The van der Waals surface area contributed by atoms with Crippen molar-refractivity contribution in [3.63, 3.8) is 0 Å². The maximum atomic E-state index is 12.3. The van der Waals surface area contributed by atoms with Crippen LogP contribution in [-0.4, -0.2) is 25.7 Å². The lowest BCUT2D eigenvalue weighted by molar-refractivity contribution is 0.0952. The van der Waals surface area contributed by atoms with E-state index in [1.54, 1.807) is 18.2 Å². The smallest absolute Gasteiger partial charge is 0.251 e. The van der Waals surface area contributed by atoms with E-state index in [-0.39, 0.29) is 5.91 Å². The van der Waals surface area contributed by atoms with Gasteiger partial charge in [-0.2, -0.15) is 0 Å². The third-order valence-electron chi connectivity index (χ3n) is 4.59. The highest BCUT2D eigenvalue weighted by Crippen LogP contribution is 2.30. The van der Waals surface area contributed by atoms with Gasteiger partial charge < -0.3 is 14.8 Å². The zero-order chi connectivity index (χ0) is 17.8. The minimum Gasteiger partial charge on any atom is -0.486 e. The monoisotopic (exact) mass is 347 g/mol. The van der Waals surface area contributed by atoms with Crippen molar-refractivity contribution in [3.8, 4) is 11.5 Å². The molecule has 1 heterocycles. The molecule has 0 spiro atoms. The quantitative estimate of drug-likeness (QED) is 0.710. The number of rotatable bonds is 5. The molecule has 1 amide bonds. The number of carbonyl (C=O) groups excluding carboxylic acids is 1. The number of fused-ring (bicyclic) bond motifs is 2. The molecule has 0 atom stereocenters. The van der Waals surface area contributed by atoms with E-state index in [1.165, 1.54) is 16.3 Å². The van der Waals surface area contributed by atoms with Crippen molar-refractivity contribution in [2.45, 2.75) is 12.8 Å². The van der Waals surface area contributed by atoms with E-state index < -0.39 is 0 Å². The van der Waals surface area contributed by atoms with Crippen LogP contribution >= 0.6 is 0 Å². The van der Waals surface area contributed by atoms with Crippen molar-refractivity contribution in [1.29, 1.82) is 0 Å². The second-order valence-corrected chi connectivity index (χ2v) is 6.36. The van der Waals surface area contributed by atoms with Gasteiger partial charge in [-0.25, -0.2) is 0 Å². The SMILES string of the molecule is O=C(NCCCc1cccc2ccccc12)c1ccc2c(c1)OCCO2. The van der Waals surface area contributed by atoms with Gasteiger partial charge >= 0.3 is 0 Å². The number of ether oxygens (including phenoxy) is 2. The largest absolute Gasteiger partial charge is 0.486 e. The van der Waals surface area contributed by atoms with Gasteiger partial charge in [-0.3, -0.25) is 4.79 Å². The van der Waals surface area contributed by atoms with Gasteiger partial charge in [0.15, 0.2) is 11.5 Å². The molecular weight excluding hydrogens is 326 g/mol. The molecule has 1 N–H and O–H groups in total. The van der Waals surface area contributed by atoms with E-state index in [0.717, 1.165) is 12.8 Å². The van der Waals surface area contributed by atoms with Crippen molar-refractivity contribution >= 4 is 16.7 Å². The second kappa shape index (κ2) is 7.48. The fourth-order valence-electron chi connectivity index (χ4n) is 3.28. The molecule has 0 aliphatic carbocycles. The van der Waals surface area contributed by atoms with E-state index in [9.17, 15) is 4.79 Å². The summed E-state index contributed by atoms with van der Waals surface area (Å²) in [6.07, 6.45) is 1.83. The zero-order valence-corrected chi connectivity index (χ0v) is 14.5. The lowest BCUT2D eigenvalue weighted by Gasteiger charge is -2.18. The molecule has 3 aromatic rings. The lowest BCUT2D eigenvalue weighted by Crippen LogP contribution is -2.25. The topological polar surface area (TPSA) is 47.6 Å². The summed E-state index contributed by atoms with van der Waals surface area (Å²) in [5.74, 6) is 1.25. The molecule has 4 rings (SSSR count). The minimum absolute atomic E-state index is 0.0834. The molecule has 132 valence electrons. The number of amides is 1. The third-order valence-corrected chi connectivity index (χ3v) is 4.59. The first kappa shape index (κ1) is 16.5. The number of hydrogen-bond donors (Lipinski definition) is 1. The third kappa shape index (κ3) is 3.49. The summed E-state index contributed by atoms with van der Waals surface area (Å²) in [5, 5.41) is 5.53. The Morgan fingerprint density at radius 3 is 2.65 bits per heavy atom. The molecule has 1 aliphatic heterocycles. The van der Waals surface area contributed by atoms with Crippen LogP contribution in [0.15, 0.2) is 60.7 Å². The van der Waals surface area contributed by atoms with Crippen LogP contribution in [0.25, 0.3) is 10.8 Å². The van der Waals surface area contributed by atoms with Crippen molar-refractivity contribution in [2.75, 3.05) is 19.8 Å². The molecule has 0 aromatic heterocycles. The van der Waals surface area contributed by atoms with Crippen molar-refractivity contribution in [1.82, 2.24) is 5.32 Å². The van der Waals surface area contributed by atoms with Crippen LogP contribution in [-0.2, 0) is 6.42 Å². The Bertz CT molecular complexity index is 930. The summed E-state index contributed by atoms with van der Waals surface area (Å²) in [5.41, 5.74) is 1.91. The predicted molar refractivity (Wildman–Crippen MR) is 102 cm³/mol. The summed E-state index contributed by atoms with van der Waals surface area (Å²) < 4.78 is 11.0. The number of nitrogens with one attached hydrogen (secondary N) is 1. The summed E-state index contributed by atoms with van der Waals surface area (Å²) in [6, 6.07) is 20.1. The number of hydrogen-bond acceptors (Lipinski definition) is 3. The molecule has 4 nitrogen and oxygen atoms in total. The first-order valence-corrected chi connectivity index (χ1v) is 8.96. The van der Waals surface area contributed by atoms with Crippen LogP contribution in [0, 0.1) is 0 Å². The second-order valence-electron chi connectivity index (χ2n) is 6.36. The fourth-order valence-corrected chi connectivity index (χ4v) is 3.28. The molecule has 0 bridgehead atoms. The molecule has 26 heavy (non-hydrogen) atoms. The Morgan fingerprint density at radius 2 is 1.73 bits per heavy atom. The summed E-state index contributed by atoms with van der Waals surface area (Å²) >= 11 is 0. The van der Waals surface area contributed by atoms with E-state index >= 15 is 0 Å². The van der Waals surface area contributed by atoms with Crippen LogP contribution in [0.5, 0.6) is 11.5 Å². The van der Waals surface area contributed by atoms with Gasteiger partial charge in [0, 0.05) is 12.1 Å². The van der Waals surface area contributed by atoms with Gasteiger partial charge in [0.2, 0.25) is 0 Å². The Labute approximate surface area is 152 Å². The predicted octanol–water partition coefficient (Wildman–Crippen LogP) is 3.97. The highest BCUT2D eigenvalue weighted by atomic mass is 16.6. The van der Waals surface area contributed by atoms with Crippen LogP contribution in [0.2, 0.25) is 0 Å². The first-order valence-electron chi connectivity index (χ1n) is 8.96. The highest BCUT2D eigenvalue weighted by Gasteiger charge is 2.14. The van der Waals surface area contributed by atoms with Crippen LogP contribution < -0.4 is 14.8 Å². The zero-order valence-electron chi connectivity index (χ0n) is 14.5. The standard InChI is InChI=1S/C22H21NO3/c24-22(18-10-11-20-21(15-18)26-14-13-25-20)23-12-4-8-17-7-3-6-16-5-1-2-9-19(16)17/h1-3,5-7,9-11,15H,4,8,12-14H2,(H,23,24). The van der Waals surface area contributed by atoms with E-state index in [0.29, 0.717) is 36.8 Å². The number of benzene rings is 3. The fraction of sp³-hybridized carbons (Fsp3) is 0.227. The Hall–Kier alpha value is -3.01. The molecule has 0 saturated carbocycles. The van der Waals surface area contributed by atoms with Gasteiger partial charge in [-0.1, -0.05) is 42.5 Å². The normalized spacial score (nSPS) is 12.8. The molecule has 0 saturated heterocycles. The molecule has 0 fully saturated rings. The van der Waals surface area contributed by atoms with Crippen molar-refractivity contribution in [3.05, 3.63) is 71.8 Å².